The number of carbonyl (C=O) groups excluding carboxylic acids is 3. The Labute approximate surface area is 122 Å². The lowest BCUT2D eigenvalue weighted by atomic mass is 9.86. The Morgan fingerprint density at radius 2 is 1.55 bits per heavy atom. The summed E-state index contributed by atoms with van der Waals surface area (Å²) < 4.78 is 0. The first-order valence-corrected chi connectivity index (χ1v) is 7.04. The molecule has 116 valence electrons. The van der Waals surface area contributed by atoms with E-state index in [2.05, 4.69) is 5.32 Å². The van der Waals surface area contributed by atoms with Crippen LogP contribution in [0.25, 0.3) is 0 Å². The number of hydrogen-bond acceptors (Lipinski definition) is 3. The minimum atomic E-state index is -0.604. The fraction of sp³-hybridized carbons (Fsp3) is 0.800. The van der Waals surface area contributed by atoms with Gasteiger partial charge in [0, 0.05) is 17.8 Å². The van der Waals surface area contributed by atoms with Crippen molar-refractivity contribution in [2.45, 2.75) is 61.3 Å². The number of nitrogens with one attached hydrogen (secondary N) is 1. The number of carbonyl (C=O) groups is 3. The SMILES string of the molecule is CCCC(C)(C)C(=O)N(CNC(=O)C(C)(C)C)C(C)=O. The molecule has 3 amide bonds. The number of amides is 3. The minimum absolute atomic E-state index is 0.0720. The normalized spacial score (nSPS) is 11.9. The second kappa shape index (κ2) is 6.86. The number of rotatable bonds is 5. The van der Waals surface area contributed by atoms with Crippen molar-refractivity contribution in [3.63, 3.8) is 0 Å². The predicted octanol–water partition coefficient (Wildman–Crippen LogP) is 2.31. The summed E-state index contributed by atoms with van der Waals surface area (Å²) in [7, 11) is 0. The third-order valence-electron chi connectivity index (χ3n) is 3.16. The van der Waals surface area contributed by atoms with E-state index < -0.39 is 10.8 Å². The van der Waals surface area contributed by atoms with E-state index in [4.69, 9.17) is 0 Å². The molecule has 0 spiro atoms. The zero-order valence-electron chi connectivity index (χ0n) is 13.8. The van der Waals surface area contributed by atoms with Gasteiger partial charge in [-0.1, -0.05) is 48.0 Å². The summed E-state index contributed by atoms with van der Waals surface area (Å²) in [6.07, 6.45) is 1.56. The van der Waals surface area contributed by atoms with Crippen LogP contribution >= 0.6 is 0 Å². The Balaban J connectivity index is 4.88. The smallest absolute Gasteiger partial charge is 0.236 e. The first-order chi connectivity index (χ1) is 8.93. The molecule has 0 fully saturated rings. The summed E-state index contributed by atoms with van der Waals surface area (Å²) in [5.41, 5.74) is -1.16. The summed E-state index contributed by atoms with van der Waals surface area (Å²) in [5, 5.41) is 2.64. The lowest BCUT2D eigenvalue weighted by Crippen LogP contribution is -2.50. The highest BCUT2D eigenvalue weighted by atomic mass is 16.2. The van der Waals surface area contributed by atoms with Gasteiger partial charge in [0.25, 0.3) is 0 Å². The van der Waals surface area contributed by atoms with Crippen LogP contribution in [0.1, 0.15) is 61.3 Å². The van der Waals surface area contributed by atoms with Gasteiger partial charge in [0.05, 0.1) is 0 Å². The Kier molecular flexibility index (Phi) is 6.38. The second-order valence-electron chi connectivity index (χ2n) is 6.80. The van der Waals surface area contributed by atoms with Gasteiger partial charge in [0.1, 0.15) is 6.67 Å². The fourth-order valence-corrected chi connectivity index (χ4v) is 1.84. The number of hydrogen-bond donors (Lipinski definition) is 1. The van der Waals surface area contributed by atoms with Crippen molar-refractivity contribution in [1.82, 2.24) is 10.2 Å². The van der Waals surface area contributed by atoms with Crippen molar-refractivity contribution >= 4 is 17.7 Å². The zero-order valence-corrected chi connectivity index (χ0v) is 13.8. The van der Waals surface area contributed by atoms with E-state index in [9.17, 15) is 14.4 Å². The fourth-order valence-electron chi connectivity index (χ4n) is 1.84. The van der Waals surface area contributed by atoms with Crippen LogP contribution in [0, 0.1) is 10.8 Å². The third kappa shape index (κ3) is 5.31. The highest BCUT2D eigenvalue weighted by molar-refractivity contribution is 5.97. The molecule has 0 saturated heterocycles. The van der Waals surface area contributed by atoms with E-state index in [1.165, 1.54) is 6.92 Å². The molecule has 1 N–H and O–H groups in total. The molecule has 0 aliphatic heterocycles. The van der Waals surface area contributed by atoms with Crippen LogP contribution in [-0.4, -0.2) is 29.3 Å². The van der Waals surface area contributed by atoms with E-state index >= 15 is 0 Å². The van der Waals surface area contributed by atoms with E-state index in [1.54, 1.807) is 20.8 Å². The molecule has 20 heavy (non-hydrogen) atoms. The molecule has 0 unspecified atom stereocenters. The van der Waals surface area contributed by atoms with Gasteiger partial charge in [-0.2, -0.15) is 0 Å². The second-order valence-corrected chi connectivity index (χ2v) is 6.80. The van der Waals surface area contributed by atoms with Crippen LogP contribution in [0.2, 0.25) is 0 Å². The molecular weight excluding hydrogens is 256 g/mol. The van der Waals surface area contributed by atoms with Gasteiger partial charge in [-0.05, 0) is 6.42 Å². The van der Waals surface area contributed by atoms with Gasteiger partial charge >= 0.3 is 0 Å². The molecule has 0 atom stereocenters. The molecule has 0 aromatic heterocycles. The number of nitrogens with zero attached hydrogens (tertiary/aromatic N) is 1. The van der Waals surface area contributed by atoms with E-state index in [1.807, 2.05) is 20.8 Å². The summed E-state index contributed by atoms with van der Waals surface area (Å²) >= 11 is 0. The van der Waals surface area contributed by atoms with Gasteiger partial charge in [-0.3, -0.25) is 19.3 Å². The summed E-state index contributed by atoms with van der Waals surface area (Å²) in [5.74, 6) is -0.792. The Morgan fingerprint density at radius 1 is 1.05 bits per heavy atom. The maximum Gasteiger partial charge on any atom is 0.236 e. The van der Waals surface area contributed by atoms with Crippen LogP contribution < -0.4 is 5.32 Å². The van der Waals surface area contributed by atoms with E-state index in [0.717, 1.165) is 11.3 Å². The van der Waals surface area contributed by atoms with Gasteiger partial charge < -0.3 is 5.32 Å². The van der Waals surface area contributed by atoms with Crippen molar-refractivity contribution < 1.29 is 14.4 Å². The summed E-state index contributed by atoms with van der Waals surface area (Å²) in [4.78, 5) is 37.0. The maximum atomic E-state index is 12.4. The van der Waals surface area contributed by atoms with E-state index in [0.29, 0.717) is 6.42 Å². The first kappa shape index (κ1) is 18.6. The van der Waals surface area contributed by atoms with Gasteiger partial charge in [0.2, 0.25) is 17.7 Å². The maximum absolute atomic E-state index is 12.4. The Bertz CT molecular complexity index is 381. The van der Waals surface area contributed by atoms with Crippen molar-refractivity contribution in [2.24, 2.45) is 10.8 Å². The lowest BCUT2D eigenvalue weighted by Gasteiger charge is -2.30. The average molecular weight is 284 g/mol. The Morgan fingerprint density at radius 3 is 1.90 bits per heavy atom. The minimum Gasteiger partial charge on any atom is -0.338 e. The third-order valence-corrected chi connectivity index (χ3v) is 3.16. The lowest BCUT2D eigenvalue weighted by molar-refractivity contribution is -0.151. The van der Waals surface area contributed by atoms with E-state index in [-0.39, 0.29) is 24.4 Å². The van der Waals surface area contributed by atoms with Crippen LogP contribution in [-0.2, 0) is 14.4 Å². The van der Waals surface area contributed by atoms with Crippen molar-refractivity contribution in [1.29, 1.82) is 0 Å². The van der Waals surface area contributed by atoms with Crippen molar-refractivity contribution in [3.05, 3.63) is 0 Å². The first-order valence-electron chi connectivity index (χ1n) is 7.04. The average Bonchev–Trinajstić information content (AvgIpc) is 2.26. The zero-order chi connectivity index (χ0) is 16.1. The molecule has 5 nitrogen and oxygen atoms in total. The van der Waals surface area contributed by atoms with Crippen LogP contribution in [0.3, 0.4) is 0 Å². The van der Waals surface area contributed by atoms with Crippen molar-refractivity contribution in [3.8, 4) is 0 Å². The molecule has 0 radical (unpaired) electrons. The molecule has 0 saturated carbocycles. The van der Waals surface area contributed by atoms with Gasteiger partial charge in [-0.15, -0.1) is 0 Å². The molecular formula is C15H28N2O3. The summed E-state index contributed by atoms with van der Waals surface area (Å²) in [6.45, 7) is 12.2. The highest BCUT2D eigenvalue weighted by Gasteiger charge is 2.33. The molecule has 0 heterocycles. The molecule has 0 bridgehead atoms. The molecule has 0 aromatic carbocycles. The molecule has 0 aliphatic carbocycles. The van der Waals surface area contributed by atoms with Crippen LogP contribution in [0.4, 0.5) is 0 Å². The quantitative estimate of drug-likeness (QED) is 0.788. The predicted molar refractivity (Wildman–Crippen MR) is 78.7 cm³/mol. The molecule has 0 rings (SSSR count). The van der Waals surface area contributed by atoms with Gasteiger partial charge in [0.15, 0.2) is 0 Å². The summed E-state index contributed by atoms with van der Waals surface area (Å²) in [6, 6.07) is 0. The monoisotopic (exact) mass is 284 g/mol. The molecule has 0 aromatic rings. The van der Waals surface area contributed by atoms with Gasteiger partial charge in [-0.25, -0.2) is 0 Å². The Hall–Kier alpha value is -1.39. The standard InChI is InChI=1S/C15H28N2O3/c1-8-9-15(6,7)13(20)17(11(2)18)10-16-12(19)14(3,4)5/h8-10H2,1-7H3,(H,16,19). The largest absolute Gasteiger partial charge is 0.338 e. The highest BCUT2D eigenvalue weighted by Crippen LogP contribution is 2.25. The topological polar surface area (TPSA) is 66.5 Å². The van der Waals surface area contributed by atoms with Crippen molar-refractivity contribution in [2.75, 3.05) is 6.67 Å². The van der Waals surface area contributed by atoms with Crippen LogP contribution in [0.5, 0.6) is 0 Å². The molecule has 0 aliphatic rings. The number of imide groups is 1. The van der Waals surface area contributed by atoms with Crippen LogP contribution in [0.15, 0.2) is 0 Å². The molecule has 5 heteroatoms.